The van der Waals surface area contributed by atoms with Crippen LogP contribution in [0.5, 0.6) is 0 Å². The largest absolute Gasteiger partial charge is 0.480 e. The smallest absolute Gasteiger partial charge is 0.326 e. The Morgan fingerprint density at radius 3 is 2.30 bits per heavy atom. The maximum atomic E-state index is 13.7. The summed E-state index contributed by atoms with van der Waals surface area (Å²) in [4.78, 5) is 39.1. The number of halogens is 2. The maximum absolute atomic E-state index is 13.7. The average Bonchev–Trinajstić information content (AvgIpc) is 3.02. The molecule has 2 aliphatic rings. The van der Waals surface area contributed by atoms with Crippen molar-refractivity contribution in [2.45, 2.75) is 63.3 Å². The van der Waals surface area contributed by atoms with Crippen LogP contribution >= 0.6 is 0 Å². The van der Waals surface area contributed by atoms with Crippen LogP contribution in [0.2, 0.25) is 0 Å². The molecule has 11 heteroatoms. The monoisotopic (exact) mass is 650 g/mol. The number of carbonyl (C=O) groups is 3. The van der Waals surface area contributed by atoms with E-state index in [1.165, 1.54) is 36.4 Å². The number of anilines is 1. The zero-order valence-electron chi connectivity index (χ0n) is 26.4. The summed E-state index contributed by atoms with van der Waals surface area (Å²) in [6.07, 6.45) is 0.967. The molecule has 2 amide bonds. The van der Waals surface area contributed by atoms with Crippen LogP contribution in [0.25, 0.3) is 0 Å². The fourth-order valence-corrected chi connectivity index (χ4v) is 6.17. The summed E-state index contributed by atoms with van der Waals surface area (Å²) < 4.78 is 38.5. The number of aliphatic hydroxyl groups excluding tert-OH is 1. The van der Waals surface area contributed by atoms with E-state index in [2.05, 4.69) is 5.32 Å². The third-order valence-corrected chi connectivity index (χ3v) is 8.98. The molecule has 2 aliphatic heterocycles. The van der Waals surface area contributed by atoms with E-state index in [1.54, 1.807) is 30.9 Å². The number of nitrogens with one attached hydrogen (secondary N) is 1. The van der Waals surface area contributed by atoms with Gasteiger partial charge in [0.15, 0.2) is 0 Å². The summed E-state index contributed by atoms with van der Waals surface area (Å²) in [6.45, 7) is 3.75. The van der Waals surface area contributed by atoms with E-state index in [9.17, 15) is 33.4 Å². The number of hydrogen-bond acceptors (Lipinski definition) is 6. The molecule has 47 heavy (non-hydrogen) atoms. The minimum absolute atomic E-state index is 0.127. The molecule has 0 radical (unpaired) electrons. The first-order chi connectivity index (χ1) is 22.5. The van der Waals surface area contributed by atoms with E-state index in [-0.39, 0.29) is 24.5 Å². The van der Waals surface area contributed by atoms with Crippen molar-refractivity contribution in [2.75, 3.05) is 24.7 Å². The molecule has 5 rings (SSSR count). The highest BCUT2D eigenvalue weighted by Crippen LogP contribution is 2.46. The Balaban J connectivity index is 1.27. The molecule has 0 aliphatic carbocycles. The van der Waals surface area contributed by atoms with Crippen molar-refractivity contribution in [3.8, 4) is 0 Å². The Kier molecular flexibility index (Phi) is 10.7. The molecule has 0 bridgehead atoms. The Bertz CT molecular complexity index is 1560. The number of hydrogen-bond donors (Lipinski definition) is 3. The van der Waals surface area contributed by atoms with Crippen LogP contribution in [-0.4, -0.2) is 59.5 Å². The zero-order valence-corrected chi connectivity index (χ0v) is 26.4. The number of rotatable bonds is 15. The first-order valence-corrected chi connectivity index (χ1v) is 15.8. The molecule has 3 N–H and O–H groups in total. The van der Waals surface area contributed by atoms with Crippen LogP contribution in [0.15, 0.2) is 72.8 Å². The predicted octanol–water partition coefficient (Wildman–Crippen LogP) is 5.13. The summed E-state index contributed by atoms with van der Waals surface area (Å²) in [5.74, 6) is -3.26. The van der Waals surface area contributed by atoms with E-state index >= 15 is 0 Å². The fraction of sp³-hybridized carbons (Fsp3) is 0.417. The molecule has 0 spiro atoms. The molecule has 2 heterocycles. The number of benzene rings is 3. The number of carboxylic acids is 1. The lowest BCUT2D eigenvalue weighted by Crippen LogP contribution is -2.55. The first kappa shape index (κ1) is 34.2. The molecule has 4 unspecified atom stereocenters. The zero-order chi connectivity index (χ0) is 33.7. The highest BCUT2D eigenvalue weighted by atomic mass is 19.1. The Labute approximate surface area is 272 Å². The fourth-order valence-electron chi connectivity index (χ4n) is 6.17. The first-order valence-electron chi connectivity index (χ1n) is 15.8. The van der Waals surface area contributed by atoms with Gasteiger partial charge in [-0.05, 0) is 84.7 Å². The molecule has 250 valence electrons. The van der Waals surface area contributed by atoms with Gasteiger partial charge < -0.3 is 29.9 Å². The van der Waals surface area contributed by atoms with Crippen molar-refractivity contribution in [1.82, 2.24) is 5.32 Å². The molecule has 0 aromatic heterocycles. The molecule has 2 fully saturated rings. The summed E-state index contributed by atoms with van der Waals surface area (Å²) >= 11 is 0. The minimum atomic E-state index is -1.10. The standard InChI is InChI=1S/C36H40F2N2O7/c1-22(2)32(35(44)45)39-31(42)19-47-36(20-46-21-36)17-16-23-4-3-5-25(18-23)33-29(14-15-30(41)24-6-8-26(37)9-7-24)34(43)40(33)28-12-10-27(38)11-13-28/h3-13,18,22,29-30,32-33,41H,14-17,19-21H2,1-2H3,(H,39,42)(H,44,45). The number of ether oxygens (including phenoxy) is 2. The Morgan fingerprint density at radius 1 is 1.04 bits per heavy atom. The van der Waals surface area contributed by atoms with Gasteiger partial charge in [-0.1, -0.05) is 50.2 Å². The lowest BCUT2D eigenvalue weighted by molar-refractivity contribution is -0.212. The number of nitrogens with zero attached hydrogens (tertiary/aromatic N) is 1. The Morgan fingerprint density at radius 2 is 1.70 bits per heavy atom. The number of amides is 2. The minimum Gasteiger partial charge on any atom is -0.480 e. The number of carboxylic acid groups (broad SMARTS) is 1. The lowest BCUT2D eigenvalue weighted by Gasteiger charge is -2.48. The summed E-state index contributed by atoms with van der Waals surface area (Å²) in [7, 11) is 0. The number of β-lactam (4-membered cyclic amide) rings is 1. The quantitative estimate of drug-likeness (QED) is 0.195. The molecule has 9 nitrogen and oxygen atoms in total. The van der Waals surface area contributed by atoms with Gasteiger partial charge in [-0.3, -0.25) is 9.59 Å². The molecule has 4 atom stereocenters. The summed E-state index contributed by atoms with van der Waals surface area (Å²) in [5, 5.41) is 22.6. The Hall–Kier alpha value is -4.19. The van der Waals surface area contributed by atoms with E-state index in [1.807, 2.05) is 24.3 Å². The van der Waals surface area contributed by atoms with Gasteiger partial charge in [-0.25, -0.2) is 13.6 Å². The topological polar surface area (TPSA) is 125 Å². The van der Waals surface area contributed by atoms with Crippen LogP contribution in [0, 0.1) is 23.5 Å². The highest BCUT2D eigenvalue weighted by Gasteiger charge is 2.48. The van der Waals surface area contributed by atoms with Crippen LogP contribution < -0.4 is 10.2 Å². The average molecular weight is 651 g/mol. The van der Waals surface area contributed by atoms with E-state index in [4.69, 9.17) is 9.47 Å². The van der Waals surface area contributed by atoms with Gasteiger partial charge in [-0.15, -0.1) is 0 Å². The van der Waals surface area contributed by atoms with Gasteiger partial charge in [0.2, 0.25) is 11.8 Å². The van der Waals surface area contributed by atoms with Crippen molar-refractivity contribution in [3.05, 3.63) is 101 Å². The van der Waals surface area contributed by atoms with E-state index < -0.39 is 47.2 Å². The summed E-state index contributed by atoms with van der Waals surface area (Å²) in [5.41, 5.74) is 2.33. The van der Waals surface area contributed by atoms with E-state index in [0.717, 1.165) is 11.1 Å². The second kappa shape index (κ2) is 14.7. The SMILES string of the molecule is CC(C)C(NC(=O)COC1(CCc2cccc(C3C(CCC(O)c4ccc(F)cc4)C(=O)N3c3ccc(F)cc3)c2)COC1)C(=O)O. The van der Waals surface area contributed by atoms with Gasteiger partial charge in [0.1, 0.15) is 29.9 Å². The van der Waals surface area contributed by atoms with Crippen molar-refractivity contribution in [1.29, 1.82) is 0 Å². The van der Waals surface area contributed by atoms with Crippen molar-refractivity contribution >= 4 is 23.5 Å². The van der Waals surface area contributed by atoms with Crippen LogP contribution in [0.3, 0.4) is 0 Å². The molecular weight excluding hydrogens is 610 g/mol. The summed E-state index contributed by atoms with van der Waals surface area (Å²) in [6, 6.07) is 17.9. The second-order valence-electron chi connectivity index (χ2n) is 12.7. The highest BCUT2D eigenvalue weighted by molar-refractivity contribution is 6.03. The number of aryl methyl sites for hydroxylation is 1. The molecular formula is C36H40F2N2O7. The van der Waals surface area contributed by atoms with Crippen molar-refractivity contribution < 1.29 is 42.9 Å². The number of aliphatic hydroxyl groups is 1. The van der Waals surface area contributed by atoms with Gasteiger partial charge in [0.05, 0.1) is 31.3 Å². The third kappa shape index (κ3) is 8.04. The van der Waals surface area contributed by atoms with Crippen LogP contribution in [0.1, 0.15) is 61.9 Å². The molecule has 3 aromatic rings. The van der Waals surface area contributed by atoms with Crippen molar-refractivity contribution in [2.24, 2.45) is 11.8 Å². The third-order valence-electron chi connectivity index (χ3n) is 8.98. The van der Waals surface area contributed by atoms with Gasteiger partial charge in [0, 0.05) is 5.69 Å². The lowest BCUT2D eigenvalue weighted by atomic mass is 9.77. The number of carbonyl (C=O) groups excluding carboxylic acids is 2. The molecule has 3 aromatic carbocycles. The van der Waals surface area contributed by atoms with Crippen LogP contribution in [-0.2, 0) is 30.3 Å². The predicted molar refractivity (Wildman–Crippen MR) is 169 cm³/mol. The second-order valence-corrected chi connectivity index (χ2v) is 12.7. The maximum Gasteiger partial charge on any atom is 0.326 e. The van der Waals surface area contributed by atoms with Crippen LogP contribution in [0.4, 0.5) is 14.5 Å². The normalized spacial score (nSPS) is 19.9. The molecule has 2 saturated heterocycles. The van der Waals surface area contributed by atoms with Crippen molar-refractivity contribution in [3.63, 3.8) is 0 Å². The number of aliphatic carboxylic acids is 1. The van der Waals surface area contributed by atoms with Gasteiger partial charge in [-0.2, -0.15) is 0 Å². The molecule has 0 saturated carbocycles. The van der Waals surface area contributed by atoms with Gasteiger partial charge in [0.25, 0.3) is 0 Å². The van der Waals surface area contributed by atoms with Gasteiger partial charge >= 0.3 is 5.97 Å². The van der Waals surface area contributed by atoms with E-state index in [0.29, 0.717) is 50.1 Å².